The molecule has 0 aromatic carbocycles. The molecule has 2 nitrogen and oxygen atoms in total. The first-order valence-corrected chi connectivity index (χ1v) is 4.07. The number of hydrogen-bond acceptors (Lipinski definition) is 3. The fourth-order valence-corrected chi connectivity index (χ4v) is 1.56. The van der Waals surface area contributed by atoms with Gasteiger partial charge in [-0.3, -0.25) is 0 Å². The molecule has 0 bridgehead atoms. The second-order valence-electron chi connectivity index (χ2n) is 2.42. The summed E-state index contributed by atoms with van der Waals surface area (Å²) in [5.74, 6) is 1.38. The zero-order chi connectivity index (χ0) is 7.56. The van der Waals surface area contributed by atoms with Crippen LogP contribution >= 0.6 is 11.5 Å². The van der Waals surface area contributed by atoms with E-state index in [1.165, 1.54) is 11.5 Å². The van der Waals surface area contributed by atoms with Crippen LogP contribution in [0.1, 0.15) is 25.5 Å². The smallest absolute Gasteiger partial charge is 0.153 e. The van der Waals surface area contributed by atoms with E-state index in [-0.39, 0.29) is 0 Å². The van der Waals surface area contributed by atoms with Crippen molar-refractivity contribution in [3.05, 3.63) is 11.1 Å². The molecule has 0 amide bonds. The Bertz CT molecular complexity index is 207. The van der Waals surface area contributed by atoms with E-state index in [1.807, 2.05) is 5.38 Å². The molecule has 1 rings (SSSR count). The van der Waals surface area contributed by atoms with E-state index in [2.05, 4.69) is 18.2 Å². The van der Waals surface area contributed by atoms with Crippen molar-refractivity contribution in [2.45, 2.75) is 19.8 Å². The van der Waals surface area contributed by atoms with Crippen molar-refractivity contribution in [3.8, 4) is 5.75 Å². The highest BCUT2D eigenvalue weighted by atomic mass is 32.1. The normalized spacial score (nSPS) is 10.4. The summed E-state index contributed by atoms with van der Waals surface area (Å²) in [6.07, 6.45) is 0. The molecule has 1 aromatic rings. The van der Waals surface area contributed by atoms with Gasteiger partial charge < -0.3 is 4.74 Å². The van der Waals surface area contributed by atoms with E-state index >= 15 is 0 Å². The van der Waals surface area contributed by atoms with Crippen LogP contribution in [0, 0.1) is 0 Å². The topological polar surface area (TPSA) is 22.1 Å². The molecule has 0 aliphatic carbocycles. The van der Waals surface area contributed by atoms with Crippen molar-refractivity contribution >= 4 is 11.5 Å². The first-order valence-electron chi connectivity index (χ1n) is 3.24. The zero-order valence-corrected chi connectivity index (χ0v) is 7.23. The Morgan fingerprint density at radius 1 is 1.60 bits per heavy atom. The Labute approximate surface area is 65.0 Å². The van der Waals surface area contributed by atoms with Crippen molar-refractivity contribution in [1.29, 1.82) is 0 Å². The third kappa shape index (κ3) is 1.29. The number of aromatic nitrogens is 1. The highest BCUT2D eigenvalue weighted by molar-refractivity contribution is 7.03. The van der Waals surface area contributed by atoms with Gasteiger partial charge in [-0.05, 0) is 11.5 Å². The van der Waals surface area contributed by atoms with Crippen molar-refractivity contribution < 1.29 is 4.74 Å². The van der Waals surface area contributed by atoms with Crippen LogP contribution in [0.4, 0.5) is 0 Å². The number of nitrogens with zero attached hydrogens (tertiary/aromatic N) is 1. The first-order chi connectivity index (χ1) is 4.75. The average Bonchev–Trinajstić information content (AvgIpc) is 2.33. The summed E-state index contributed by atoms with van der Waals surface area (Å²) in [5, 5.41) is 1.93. The summed E-state index contributed by atoms with van der Waals surface area (Å²) in [5.41, 5.74) is 1.06. The molecule has 1 aromatic heterocycles. The average molecular weight is 157 g/mol. The number of rotatable bonds is 2. The Balaban J connectivity index is 2.90. The molecule has 0 saturated heterocycles. The molecule has 0 atom stereocenters. The predicted octanol–water partition coefficient (Wildman–Crippen LogP) is 2.28. The molecule has 1 heterocycles. The van der Waals surface area contributed by atoms with Gasteiger partial charge in [0.25, 0.3) is 0 Å². The molecule has 0 aliphatic rings. The van der Waals surface area contributed by atoms with Crippen LogP contribution in [-0.2, 0) is 0 Å². The van der Waals surface area contributed by atoms with Gasteiger partial charge in [-0.25, -0.2) is 0 Å². The molecule has 0 radical (unpaired) electrons. The maximum absolute atomic E-state index is 5.09. The minimum Gasteiger partial charge on any atom is -0.494 e. The maximum atomic E-state index is 5.09. The van der Waals surface area contributed by atoms with Crippen molar-refractivity contribution in [2.75, 3.05) is 7.11 Å². The van der Waals surface area contributed by atoms with Gasteiger partial charge in [-0.1, -0.05) is 13.8 Å². The SMILES string of the molecule is COc1csnc1C(C)C. The minimum absolute atomic E-state index is 0.459. The first kappa shape index (κ1) is 7.54. The third-order valence-corrected chi connectivity index (χ3v) is 1.95. The highest BCUT2D eigenvalue weighted by Crippen LogP contribution is 2.26. The van der Waals surface area contributed by atoms with E-state index in [0.717, 1.165) is 11.4 Å². The molecule has 0 spiro atoms. The van der Waals surface area contributed by atoms with Crippen molar-refractivity contribution in [2.24, 2.45) is 0 Å². The summed E-state index contributed by atoms with van der Waals surface area (Å²) in [6, 6.07) is 0. The Hall–Kier alpha value is -0.570. The molecule has 0 aliphatic heterocycles. The molecule has 0 saturated carbocycles. The highest BCUT2D eigenvalue weighted by Gasteiger charge is 2.08. The van der Waals surface area contributed by atoms with Gasteiger partial charge >= 0.3 is 0 Å². The molecule has 3 heteroatoms. The molecule has 0 fully saturated rings. The van der Waals surface area contributed by atoms with Crippen LogP contribution in [-0.4, -0.2) is 11.5 Å². The van der Waals surface area contributed by atoms with E-state index in [1.54, 1.807) is 7.11 Å². The number of methoxy groups -OCH3 is 1. The third-order valence-electron chi connectivity index (χ3n) is 1.33. The van der Waals surface area contributed by atoms with E-state index in [4.69, 9.17) is 4.74 Å². The van der Waals surface area contributed by atoms with Gasteiger partial charge in [0.05, 0.1) is 18.2 Å². The fourth-order valence-electron chi connectivity index (χ4n) is 0.779. The summed E-state index contributed by atoms with van der Waals surface area (Å²) in [4.78, 5) is 0. The summed E-state index contributed by atoms with van der Waals surface area (Å²) >= 11 is 1.44. The summed E-state index contributed by atoms with van der Waals surface area (Å²) in [7, 11) is 1.68. The second kappa shape index (κ2) is 3.01. The van der Waals surface area contributed by atoms with E-state index in [9.17, 15) is 0 Å². The van der Waals surface area contributed by atoms with E-state index in [0.29, 0.717) is 5.92 Å². The lowest BCUT2D eigenvalue weighted by molar-refractivity contribution is 0.408. The van der Waals surface area contributed by atoms with Gasteiger partial charge in [-0.2, -0.15) is 4.37 Å². The lowest BCUT2D eigenvalue weighted by atomic mass is 10.1. The molecule has 0 unspecified atom stereocenters. The van der Waals surface area contributed by atoms with Crippen molar-refractivity contribution in [3.63, 3.8) is 0 Å². The van der Waals surface area contributed by atoms with Crippen LogP contribution in [0.25, 0.3) is 0 Å². The molecule has 56 valence electrons. The molecular weight excluding hydrogens is 146 g/mol. The van der Waals surface area contributed by atoms with E-state index < -0.39 is 0 Å². The van der Waals surface area contributed by atoms with Gasteiger partial charge in [0.15, 0.2) is 5.75 Å². The fraction of sp³-hybridized carbons (Fsp3) is 0.571. The molecule has 0 N–H and O–H groups in total. The van der Waals surface area contributed by atoms with Gasteiger partial charge in [0.2, 0.25) is 0 Å². The van der Waals surface area contributed by atoms with Crippen LogP contribution in [0.15, 0.2) is 5.38 Å². The lowest BCUT2D eigenvalue weighted by Gasteiger charge is -2.02. The van der Waals surface area contributed by atoms with Crippen molar-refractivity contribution in [1.82, 2.24) is 4.37 Å². The predicted molar refractivity (Wildman–Crippen MR) is 42.8 cm³/mol. The minimum atomic E-state index is 0.459. The van der Waals surface area contributed by atoms with Gasteiger partial charge in [0, 0.05) is 5.92 Å². The molecular formula is C7H11NOS. The zero-order valence-electron chi connectivity index (χ0n) is 6.42. The van der Waals surface area contributed by atoms with Gasteiger partial charge in [-0.15, -0.1) is 0 Å². The van der Waals surface area contributed by atoms with Crippen LogP contribution in [0.5, 0.6) is 5.75 Å². The Morgan fingerprint density at radius 3 is 2.70 bits per heavy atom. The standard InChI is InChI=1S/C7H11NOS/c1-5(2)7-6(9-3)4-10-8-7/h4-5H,1-3H3. The maximum Gasteiger partial charge on any atom is 0.153 e. The quantitative estimate of drug-likeness (QED) is 0.657. The van der Waals surface area contributed by atoms with Gasteiger partial charge in [0.1, 0.15) is 0 Å². The molecule has 10 heavy (non-hydrogen) atoms. The second-order valence-corrected chi connectivity index (χ2v) is 3.05. The number of hydrogen-bond donors (Lipinski definition) is 0. The largest absolute Gasteiger partial charge is 0.494 e. The lowest BCUT2D eigenvalue weighted by Crippen LogP contribution is -1.91. The Morgan fingerprint density at radius 2 is 2.30 bits per heavy atom. The van der Waals surface area contributed by atoms with Crippen LogP contribution < -0.4 is 4.74 Å². The Kier molecular flexibility index (Phi) is 2.27. The van der Waals surface area contributed by atoms with Crippen LogP contribution in [0.3, 0.4) is 0 Å². The summed E-state index contributed by atoms with van der Waals surface area (Å²) < 4.78 is 9.30. The number of ether oxygens (including phenoxy) is 1. The summed E-state index contributed by atoms with van der Waals surface area (Å²) in [6.45, 7) is 4.22. The van der Waals surface area contributed by atoms with Crippen LogP contribution in [0.2, 0.25) is 0 Å². The monoisotopic (exact) mass is 157 g/mol.